The molecule has 1 amide bonds. The number of aliphatic hydroxyl groups is 3. The summed E-state index contributed by atoms with van der Waals surface area (Å²) in [5.41, 5.74) is -1.24. The Labute approximate surface area is 138 Å². The smallest absolute Gasteiger partial charge is 0.268 e. The molecule has 8 nitrogen and oxygen atoms in total. The van der Waals surface area contributed by atoms with E-state index in [1.54, 1.807) is 6.92 Å². The highest BCUT2D eigenvalue weighted by atomic mass is 32.2. The first-order valence-corrected chi connectivity index (χ1v) is 9.18. The fourth-order valence-corrected chi connectivity index (χ4v) is 2.64. The molecule has 0 aromatic heterocycles. The monoisotopic (exact) mass is 355 g/mol. The molecule has 3 atom stereocenters. The number of hydrogen-bond acceptors (Lipinski definition) is 7. The maximum atomic E-state index is 11.7. The van der Waals surface area contributed by atoms with Crippen LogP contribution in [0.4, 0.5) is 0 Å². The largest absolute Gasteiger partial charge is 0.393 e. The Morgan fingerprint density at radius 2 is 1.96 bits per heavy atom. The third-order valence-corrected chi connectivity index (χ3v) is 4.55. The van der Waals surface area contributed by atoms with Crippen LogP contribution in [-0.2, 0) is 19.1 Å². The zero-order chi connectivity index (χ0) is 18.1. The van der Waals surface area contributed by atoms with Crippen LogP contribution < -0.4 is 5.32 Å². The van der Waals surface area contributed by atoms with Gasteiger partial charge in [-0.3, -0.25) is 8.98 Å². The van der Waals surface area contributed by atoms with Crippen molar-refractivity contribution in [2.45, 2.75) is 63.8 Å². The summed E-state index contributed by atoms with van der Waals surface area (Å²) in [6.07, 6.45) is 0.135. The van der Waals surface area contributed by atoms with Crippen molar-refractivity contribution in [3.05, 3.63) is 0 Å². The van der Waals surface area contributed by atoms with Crippen molar-refractivity contribution in [1.29, 1.82) is 0 Å². The van der Waals surface area contributed by atoms with Gasteiger partial charge in [-0.25, -0.2) is 0 Å². The molecule has 0 radical (unpaired) electrons. The van der Waals surface area contributed by atoms with Gasteiger partial charge < -0.3 is 20.6 Å². The molecule has 0 aliphatic rings. The summed E-state index contributed by atoms with van der Waals surface area (Å²) in [5.74, 6) is -0.783. The van der Waals surface area contributed by atoms with Crippen molar-refractivity contribution in [3.63, 3.8) is 0 Å². The van der Waals surface area contributed by atoms with E-state index in [0.717, 1.165) is 7.11 Å². The molecule has 9 heteroatoms. The van der Waals surface area contributed by atoms with Crippen LogP contribution in [0.15, 0.2) is 0 Å². The van der Waals surface area contributed by atoms with Crippen LogP contribution in [0, 0.1) is 0 Å². The fraction of sp³-hybridized carbons (Fsp3) is 0.929. The van der Waals surface area contributed by atoms with Gasteiger partial charge in [-0.1, -0.05) is 0 Å². The van der Waals surface area contributed by atoms with Gasteiger partial charge in [0.05, 0.1) is 37.1 Å². The molecule has 0 fully saturated rings. The summed E-state index contributed by atoms with van der Waals surface area (Å²) in [4.78, 5) is 11.7. The maximum absolute atomic E-state index is 11.7. The highest BCUT2D eigenvalue weighted by Gasteiger charge is 2.24. The maximum Gasteiger partial charge on any atom is 0.268 e. The SMILES string of the molecule is COS(=O)(=O)CCNC(=O)C[C@](C)(O)CCC[C@H](O)C[C@@H](C)O. The summed E-state index contributed by atoms with van der Waals surface area (Å²) in [6, 6.07) is 0. The molecule has 0 bridgehead atoms. The molecule has 4 N–H and O–H groups in total. The molecule has 23 heavy (non-hydrogen) atoms. The first kappa shape index (κ1) is 22.3. The fourth-order valence-electron chi connectivity index (χ4n) is 2.13. The minimum absolute atomic E-state index is 0.0851. The number of rotatable bonds is 12. The van der Waals surface area contributed by atoms with Gasteiger partial charge in [0.25, 0.3) is 10.1 Å². The second-order valence-electron chi connectivity index (χ2n) is 6.08. The molecule has 138 valence electrons. The van der Waals surface area contributed by atoms with E-state index in [9.17, 15) is 23.4 Å². The zero-order valence-corrected chi connectivity index (χ0v) is 14.8. The number of aliphatic hydroxyl groups excluding tert-OH is 2. The quantitative estimate of drug-likeness (QED) is 0.348. The number of carbonyl (C=O) groups is 1. The zero-order valence-electron chi connectivity index (χ0n) is 14.0. The highest BCUT2D eigenvalue weighted by molar-refractivity contribution is 7.86. The third kappa shape index (κ3) is 12.4. The van der Waals surface area contributed by atoms with Gasteiger partial charge in [-0.2, -0.15) is 8.42 Å². The normalized spacial score (nSPS) is 17.3. The Morgan fingerprint density at radius 1 is 1.35 bits per heavy atom. The molecule has 0 saturated carbocycles. The Morgan fingerprint density at radius 3 is 2.48 bits per heavy atom. The van der Waals surface area contributed by atoms with Crippen LogP contribution >= 0.6 is 0 Å². The van der Waals surface area contributed by atoms with Crippen LogP contribution in [-0.4, -0.2) is 66.9 Å². The molecular weight excluding hydrogens is 326 g/mol. The summed E-state index contributed by atoms with van der Waals surface area (Å²) in [5, 5.41) is 31.3. The molecule has 0 unspecified atom stereocenters. The first-order chi connectivity index (χ1) is 10.5. The topological polar surface area (TPSA) is 133 Å². The molecule has 0 aliphatic carbocycles. The van der Waals surface area contributed by atoms with Crippen LogP contribution in [0.3, 0.4) is 0 Å². The summed E-state index contributed by atoms with van der Waals surface area (Å²) in [6.45, 7) is 3.02. The standard InChI is InChI=1S/C14H29NO7S/c1-11(16)9-12(17)5-4-6-14(2,19)10-13(18)15-7-8-23(20,21)22-3/h11-12,16-17,19H,4-10H2,1-3H3,(H,15,18)/t11-,12+,14-/m1/s1. The second-order valence-corrected chi connectivity index (χ2v) is 7.94. The predicted molar refractivity (Wildman–Crippen MR) is 85.2 cm³/mol. The van der Waals surface area contributed by atoms with Gasteiger partial charge in [0.15, 0.2) is 0 Å². The lowest BCUT2D eigenvalue weighted by atomic mass is 9.93. The number of nitrogens with one attached hydrogen (secondary N) is 1. The lowest BCUT2D eigenvalue weighted by Crippen LogP contribution is -2.36. The molecule has 0 aromatic rings. The van der Waals surface area contributed by atoms with Crippen molar-refractivity contribution in [2.75, 3.05) is 19.4 Å². The first-order valence-electron chi connectivity index (χ1n) is 7.61. The van der Waals surface area contributed by atoms with Gasteiger partial charge in [0.1, 0.15) is 0 Å². The summed E-state index contributed by atoms with van der Waals surface area (Å²) < 4.78 is 26.4. The van der Waals surface area contributed by atoms with Crippen LogP contribution in [0.1, 0.15) is 46.0 Å². The number of amides is 1. The van der Waals surface area contributed by atoms with Crippen LogP contribution in [0.5, 0.6) is 0 Å². The van der Waals surface area contributed by atoms with Crippen molar-refractivity contribution in [2.24, 2.45) is 0 Å². The van der Waals surface area contributed by atoms with E-state index in [2.05, 4.69) is 9.50 Å². The molecule has 0 aliphatic heterocycles. The Kier molecular flexibility index (Phi) is 9.86. The lowest BCUT2D eigenvalue weighted by Gasteiger charge is -2.23. The van der Waals surface area contributed by atoms with Crippen molar-refractivity contribution >= 4 is 16.0 Å². The third-order valence-electron chi connectivity index (χ3n) is 3.34. The minimum Gasteiger partial charge on any atom is -0.393 e. The van der Waals surface area contributed by atoms with E-state index in [1.165, 1.54) is 6.92 Å². The molecular formula is C14H29NO7S. The Hall–Kier alpha value is -0.740. The van der Waals surface area contributed by atoms with Crippen LogP contribution in [0.2, 0.25) is 0 Å². The van der Waals surface area contributed by atoms with Crippen molar-refractivity contribution in [3.8, 4) is 0 Å². The second kappa shape index (κ2) is 10.2. The summed E-state index contributed by atoms with van der Waals surface area (Å²) in [7, 11) is -2.57. The molecule has 0 heterocycles. The van der Waals surface area contributed by atoms with Gasteiger partial charge >= 0.3 is 0 Å². The lowest BCUT2D eigenvalue weighted by molar-refractivity contribution is -0.125. The van der Waals surface area contributed by atoms with Gasteiger partial charge in [0, 0.05) is 6.54 Å². The van der Waals surface area contributed by atoms with Crippen molar-refractivity contribution < 1.29 is 32.7 Å². The minimum atomic E-state index is -3.62. The summed E-state index contributed by atoms with van der Waals surface area (Å²) >= 11 is 0. The average Bonchev–Trinajstić information content (AvgIpc) is 2.36. The van der Waals surface area contributed by atoms with Gasteiger partial charge in [-0.05, 0) is 39.5 Å². The Bertz CT molecular complexity index is 448. The molecule has 0 rings (SSSR count). The van der Waals surface area contributed by atoms with E-state index in [1.807, 2.05) is 0 Å². The average molecular weight is 355 g/mol. The van der Waals surface area contributed by atoms with Gasteiger partial charge in [0.2, 0.25) is 5.91 Å². The molecule has 0 spiro atoms. The van der Waals surface area contributed by atoms with Gasteiger partial charge in [-0.15, -0.1) is 0 Å². The number of carbonyl (C=O) groups excluding carboxylic acids is 1. The molecule has 0 saturated heterocycles. The predicted octanol–water partition coefficient (Wildman–Crippen LogP) is -0.478. The Balaban J connectivity index is 4.03. The molecule has 0 aromatic carbocycles. The highest BCUT2D eigenvalue weighted by Crippen LogP contribution is 2.19. The van der Waals surface area contributed by atoms with Crippen molar-refractivity contribution in [1.82, 2.24) is 5.32 Å². The van der Waals surface area contributed by atoms with E-state index in [0.29, 0.717) is 19.3 Å². The van der Waals surface area contributed by atoms with E-state index in [4.69, 9.17) is 5.11 Å². The van der Waals surface area contributed by atoms with E-state index >= 15 is 0 Å². The van der Waals surface area contributed by atoms with Crippen LogP contribution in [0.25, 0.3) is 0 Å². The number of hydrogen-bond donors (Lipinski definition) is 4. The van der Waals surface area contributed by atoms with E-state index in [-0.39, 0.29) is 25.1 Å². The van der Waals surface area contributed by atoms with E-state index < -0.39 is 33.8 Å².